The number of carboxylic acid groups (broad SMARTS) is 1. The van der Waals surface area contributed by atoms with Crippen molar-refractivity contribution in [3.8, 4) is 11.5 Å². The molecule has 0 saturated carbocycles. The largest absolute Gasteiger partial charge is 0.478 e. The first-order chi connectivity index (χ1) is 17.7. The Bertz CT molecular complexity index is 1320. The SMILES string of the molecule is O=C(O)c1ccc(CN(CC(F)(F)F)C(c2ccccc2)c2ccc(Oc3ccccc3F)cc2)cc1. The molecule has 190 valence electrons. The van der Waals surface area contributed by atoms with Crippen LogP contribution in [0.25, 0.3) is 0 Å². The van der Waals surface area contributed by atoms with Gasteiger partial charge < -0.3 is 9.84 Å². The van der Waals surface area contributed by atoms with E-state index in [1.807, 2.05) is 0 Å². The summed E-state index contributed by atoms with van der Waals surface area (Å²) in [4.78, 5) is 12.5. The molecule has 0 radical (unpaired) electrons. The fourth-order valence-electron chi connectivity index (χ4n) is 4.08. The number of carboxylic acids is 1. The molecule has 0 amide bonds. The normalized spacial score (nSPS) is 12.4. The Morgan fingerprint density at radius 1 is 0.811 bits per heavy atom. The second-order valence-corrected chi connectivity index (χ2v) is 8.44. The van der Waals surface area contributed by atoms with Crippen LogP contribution in [0.2, 0.25) is 0 Å². The second kappa shape index (κ2) is 11.3. The lowest BCUT2D eigenvalue weighted by atomic mass is 9.96. The molecule has 4 aromatic rings. The highest BCUT2D eigenvalue weighted by atomic mass is 19.4. The van der Waals surface area contributed by atoms with Crippen LogP contribution in [0.3, 0.4) is 0 Å². The molecular formula is C29H23F4NO3. The number of benzene rings is 4. The number of hydrogen-bond acceptors (Lipinski definition) is 3. The molecule has 4 aromatic carbocycles. The summed E-state index contributed by atoms with van der Waals surface area (Å²) in [6.45, 7) is -1.27. The van der Waals surface area contributed by atoms with Gasteiger partial charge in [0.25, 0.3) is 0 Å². The summed E-state index contributed by atoms with van der Waals surface area (Å²) >= 11 is 0. The summed E-state index contributed by atoms with van der Waals surface area (Å²) < 4.78 is 60.8. The van der Waals surface area contributed by atoms with Crippen molar-refractivity contribution in [3.05, 3.63) is 131 Å². The molecule has 1 N–H and O–H groups in total. The lowest BCUT2D eigenvalue weighted by molar-refractivity contribution is -0.150. The predicted octanol–water partition coefficient (Wildman–Crippen LogP) is 7.47. The quantitative estimate of drug-likeness (QED) is 0.238. The topological polar surface area (TPSA) is 49.8 Å². The molecule has 0 bridgehead atoms. The Balaban J connectivity index is 1.69. The minimum Gasteiger partial charge on any atom is -0.478 e. The Hall–Kier alpha value is -4.17. The number of halogens is 4. The van der Waals surface area contributed by atoms with Gasteiger partial charge in [0.15, 0.2) is 11.6 Å². The van der Waals surface area contributed by atoms with Crippen molar-refractivity contribution in [3.63, 3.8) is 0 Å². The Labute approximate surface area is 211 Å². The molecule has 1 atom stereocenters. The molecule has 4 nitrogen and oxygen atoms in total. The number of nitrogens with zero attached hydrogens (tertiary/aromatic N) is 1. The van der Waals surface area contributed by atoms with Gasteiger partial charge in [-0.25, -0.2) is 9.18 Å². The van der Waals surface area contributed by atoms with Crippen molar-refractivity contribution in [2.75, 3.05) is 6.54 Å². The Morgan fingerprint density at radius 3 is 2.00 bits per heavy atom. The molecule has 0 heterocycles. The van der Waals surface area contributed by atoms with Crippen molar-refractivity contribution in [1.82, 2.24) is 4.90 Å². The first-order valence-corrected chi connectivity index (χ1v) is 11.4. The van der Waals surface area contributed by atoms with E-state index < -0.39 is 30.5 Å². The zero-order chi connectivity index (χ0) is 26.4. The van der Waals surface area contributed by atoms with Crippen LogP contribution < -0.4 is 4.74 Å². The van der Waals surface area contributed by atoms with E-state index in [0.717, 1.165) is 0 Å². The van der Waals surface area contributed by atoms with Crippen LogP contribution in [0.4, 0.5) is 17.6 Å². The number of ether oxygens (including phenoxy) is 1. The zero-order valence-electron chi connectivity index (χ0n) is 19.5. The summed E-state index contributed by atoms with van der Waals surface area (Å²) in [5.41, 5.74) is 1.82. The third-order valence-corrected chi connectivity index (χ3v) is 5.71. The van der Waals surface area contributed by atoms with Gasteiger partial charge >= 0.3 is 12.1 Å². The molecule has 37 heavy (non-hydrogen) atoms. The summed E-state index contributed by atoms with van der Waals surface area (Å²) in [5, 5.41) is 9.14. The number of aromatic carboxylic acids is 1. The van der Waals surface area contributed by atoms with Crippen LogP contribution in [0.5, 0.6) is 11.5 Å². The zero-order valence-corrected chi connectivity index (χ0v) is 19.5. The first kappa shape index (κ1) is 25.9. The highest BCUT2D eigenvalue weighted by Gasteiger charge is 2.35. The number of hydrogen-bond donors (Lipinski definition) is 1. The fourth-order valence-corrected chi connectivity index (χ4v) is 4.08. The van der Waals surface area contributed by atoms with Crippen LogP contribution in [0.1, 0.15) is 33.1 Å². The maximum Gasteiger partial charge on any atom is 0.401 e. The highest BCUT2D eigenvalue weighted by Crippen LogP contribution is 2.34. The highest BCUT2D eigenvalue weighted by molar-refractivity contribution is 5.87. The third kappa shape index (κ3) is 6.95. The maximum absolute atomic E-state index is 14.0. The van der Waals surface area contributed by atoms with Gasteiger partial charge in [-0.15, -0.1) is 0 Å². The van der Waals surface area contributed by atoms with Gasteiger partial charge in [-0.3, -0.25) is 4.90 Å². The molecular weight excluding hydrogens is 486 g/mol. The van der Waals surface area contributed by atoms with E-state index in [2.05, 4.69) is 0 Å². The number of rotatable bonds is 9. The van der Waals surface area contributed by atoms with Crippen molar-refractivity contribution in [2.45, 2.75) is 18.8 Å². The van der Waals surface area contributed by atoms with Gasteiger partial charge in [-0.1, -0.05) is 66.7 Å². The number of carbonyl (C=O) groups is 1. The molecule has 0 aliphatic rings. The predicted molar refractivity (Wildman–Crippen MR) is 131 cm³/mol. The average Bonchev–Trinajstić information content (AvgIpc) is 2.87. The molecule has 0 aliphatic carbocycles. The molecule has 0 spiro atoms. The van der Waals surface area contributed by atoms with Gasteiger partial charge in [0.1, 0.15) is 5.75 Å². The monoisotopic (exact) mass is 509 g/mol. The van der Waals surface area contributed by atoms with Crippen molar-refractivity contribution >= 4 is 5.97 Å². The molecule has 0 aromatic heterocycles. The van der Waals surface area contributed by atoms with E-state index in [9.17, 15) is 22.4 Å². The Morgan fingerprint density at radius 2 is 1.41 bits per heavy atom. The summed E-state index contributed by atoms with van der Waals surface area (Å²) in [5.74, 6) is -1.26. The summed E-state index contributed by atoms with van der Waals surface area (Å²) in [7, 11) is 0. The van der Waals surface area contributed by atoms with Crippen LogP contribution in [-0.2, 0) is 6.54 Å². The number of para-hydroxylation sites is 1. The minimum atomic E-state index is -4.48. The van der Waals surface area contributed by atoms with E-state index in [4.69, 9.17) is 9.84 Å². The molecule has 8 heteroatoms. The number of alkyl halides is 3. The van der Waals surface area contributed by atoms with E-state index in [1.165, 1.54) is 41.3 Å². The molecule has 0 fully saturated rings. The maximum atomic E-state index is 14.0. The molecule has 0 aliphatic heterocycles. The first-order valence-electron chi connectivity index (χ1n) is 11.4. The van der Waals surface area contributed by atoms with Gasteiger partial charge in [-0.2, -0.15) is 13.2 Å². The average molecular weight is 509 g/mol. The van der Waals surface area contributed by atoms with Crippen LogP contribution in [-0.4, -0.2) is 28.7 Å². The van der Waals surface area contributed by atoms with Crippen molar-refractivity contribution in [1.29, 1.82) is 0 Å². The lowest BCUT2D eigenvalue weighted by Gasteiger charge is -2.33. The molecule has 1 unspecified atom stereocenters. The van der Waals surface area contributed by atoms with Crippen LogP contribution in [0.15, 0.2) is 103 Å². The summed E-state index contributed by atoms with van der Waals surface area (Å²) in [6.07, 6.45) is -4.48. The standard InChI is InChI=1S/C29H23F4NO3/c30-25-8-4-5-9-26(25)37-24-16-14-22(15-17-24)27(21-6-2-1-3-7-21)34(19-29(31,32)33)18-20-10-12-23(13-11-20)28(35)36/h1-17,27H,18-19H2,(H,35,36). The van der Waals surface area contributed by atoms with E-state index in [0.29, 0.717) is 22.4 Å². The lowest BCUT2D eigenvalue weighted by Crippen LogP contribution is -2.37. The van der Waals surface area contributed by atoms with E-state index in [1.54, 1.807) is 66.7 Å². The molecule has 4 rings (SSSR count). The fraction of sp³-hybridized carbons (Fsp3) is 0.138. The van der Waals surface area contributed by atoms with Gasteiger partial charge in [-0.05, 0) is 53.1 Å². The van der Waals surface area contributed by atoms with Gasteiger partial charge in [0, 0.05) is 6.54 Å². The van der Waals surface area contributed by atoms with Crippen molar-refractivity contribution in [2.24, 2.45) is 0 Å². The molecule has 0 saturated heterocycles. The minimum absolute atomic E-state index is 0.0402. The van der Waals surface area contributed by atoms with Crippen molar-refractivity contribution < 1.29 is 32.2 Å². The van der Waals surface area contributed by atoms with Gasteiger partial charge in [0.05, 0.1) is 18.2 Å². The second-order valence-electron chi connectivity index (χ2n) is 8.44. The van der Waals surface area contributed by atoms with Gasteiger partial charge in [0.2, 0.25) is 0 Å². The smallest absolute Gasteiger partial charge is 0.401 e. The summed E-state index contributed by atoms with van der Waals surface area (Å²) in [6, 6.07) is 26.2. The van der Waals surface area contributed by atoms with Crippen LogP contribution >= 0.6 is 0 Å². The van der Waals surface area contributed by atoms with Crippen LogP contribution in [0, 0.1) is 5.82 Å². The van der Waals surface area contributed by atoms with E-state index in [-0.39, 0.29) is 17.9 Å². The van der Waals surface area contributed by atoms with E-state index >= 15 is 0 Å². The Kier molecular flexibility index (Phi) is 7.89. The third-order valence-electron chi connectivity index (χ3n) is 5.71.